The van der Waals surface area contributed by atoms with E-state index in [0.717, 1.165) is 75.2 Å². The second-order valence-electron chi connectivity index (χ2n) is 8.31. The van der Waals surface area contributed by atoms with Crippen LogP contribution < -0.4 is 4.74 Å². The van der Waals surface area contributed by atoms with Gasteiger partial charge in [-0.2, -0.15) is 0 Å². The molecule has 0 N–H and O–H groups in total. The Hall–Kier alpha value is -2.23. The molecular weight excluding hydrogens is 382 g/mol. The number of terminal acetylenes is 1. The largest absolute Gasteiger partial charge is 0.463 e. The number of fused-ring (bicyclic) bond motifs is 1. The number of carbonyl (C=O) groups is 1. The number of amides is 1. The smallest absolute Gasteiger partial charge is 0.410 e. The predicted molar refractivity (Wildman–Crippen MR) is 114 cm³/mol. The summed E-state index contributed by atoms with van der Waals surface area (Å²) in [5.41, 5.74) is 1.97. The third-order valence-corrected chi connectivity index (χ3v) is 5.35. The van der Waals surface area contributed by atoms with E-state index in [9.17, 15) is 4.79 Å². The monoisotopic (exact) mass is 415 g/mol. The molecule has 0 aliphatic carbocycles. The molecule has 0 bridgehead atoms. The minimum Gasteiger partial charge on any atom is -0.463 e. The van der Waals surface area contributed by atoms with Crippen molar-refractivity contribution in [3.63, 3.8) is 0 Å². The van der Waals surface area contributed by atoms with Gasteiger partial charge in [0.25, 0.3) is 0 Å². The van der Waals surface area contributed by atoms with Gasteiger partial charge in [-0.25, -0.2) is 4.79 Å². The van der Waals surface area contributed by atoms with E-state index >= 15 is 0 Å². The fourth-order valence-corrected chi connectivity index (χ4v) is 3.66. The normalized spacial score (nSPS) is 19.7. The highest BCUT2D eigenvalue weighted by Gasteiger charge is 2.33. The molecule has 3 rings (SSSR count). The molecule has 0 saturated carbocycles. The Labute approximate surface area is 179 Å². The first kappa shape index (κ1) is 22.5. The summed E-state index contributed by atoms with van der Waals surface area (Å²) in [7, 11) is 0. The Kier molecular flexibility index (Phi) is 8.01. The molecule has 0 aromatic heterocycles. The number of ether oxygens (including phenoxy) is 4. The Morgan fingerprint density at radius 2 is 2.00 bits per heavy atom. The summed E-state index contributed by atoms with van der Waals surface area (Å²) in [6, 6.07) is 5.95. The summed E-state index contributed by atoms with van der Waals surface area (Å²) in [6.45, 7) is 7.12. The molecule has 1 aromatic rings. The van der Waals surface area contributed by atoms with E-state index in [0.29, 0.717) is 13.2 Å². The highest BCUT2D eigenvalue weighted by molar-refractivity contribution is 5.70. The van der Waals surface area contributed by atoms with Crippen LogP contribution in [0.5, 0.6) is 5.75 Å². The van der Waals surface area contributed by atoms with Crippen molar-refractivity contribution in [2.75, 3.05) is 26.3 Å². The van der Waals surface area contributed by atoms with Crippen molar-refractivity contribution in [2.45, 2.75) is 70.9 Å². The lowest BCUT2D eigenvalue weighted by molar-refractivity contribution is -0.180. The fourth-order valence-electron chi connectivity index (χ4n) is 3.66. The van der Waals surface area contributed by atoms with Crippen LogP contribution in [0.1, 0.15) is 69.6 Å². The molecule has 1 fully saturated rings. The van der Waals surface area contributed by atoms with Crippen LogP contribution in [0.4, 0.5) is 4.79 Å². The van der Waals surface area contributed by atoms with Crippen LogP contribution in [-0.2, 0) is 20.8 Å². The molecule has 2 aliphatic heterocycles. The first-order chi connectivity index (χ1) is 14.5. The van der Waals surface area contributed by atoms with Crippen molar-refractivity contribution >= 4 is 6.09 Å². The number of cyclic esters (lactones) is 1. The van der Waals surface area contributed by atoms with Gasteiger partial charge in [0.15, 0.2) is 0 Å². The van der Waals surface area contributed by atoms with Crippen LogP contribution in [0.2, 0.25) is 0 Å². The maximum Gasteiger partial charge on any atom is 0.410 e. The van der Waals surface area contributed by atoms with Crippen molar-refractivity contribution in [2.24, 2.45) is 0 Å². The van der Waals surface area contributed by atoms with Gasteiger partial charge in [0.05, 0.1) is 13.2 Å². The lowest BCUT2D eigenvalue weighted by atomic mass is 10.0. The minimum absolute atomic E-state index is 0.233. The SMILES string of the molecule is C#CCCCOCCCCCCN1C[C@@H](c2ccc3c(c2)COC(C)(C)O3)OC1=O. The van der Waals surface area contributed by atoms with E-state index < -0.39 is 5.79 Å². The van der Waals surface area contributed by atoms with E-state index in [1.54, 1.807) is 4.90 Å². The molecule has 6 heteroatoms. The zero-order valence-corrected chi connectivity index (χ0v) is 18.2. The van der Waals surface area contributed by atoms with Crippen LogP contribution in [-0.4, -0.2) is 43.1 Å². The molecule has 1 amide bonds. The van der Waals surface area contributed by atoms with Gasteiger partial charge in [-0.1, -0.05) is 18.9 Å². The first-order valence-corrected chi connectivity index (χ1v) is 10.9. The van der Waals surface area contributed by atoms with Gasteiger partial charge >= 0.3 is 6.09 Å². The van der Waals surface area contributed by atoms with Crippen LogP contribution in [0.3, 0.4) is 0 Å². The second kappa shape index (κ2) is 10.7. The molecular formula is C24H33NO5. The third kappa shape index (κ3) is 6.38. The lowest BCUT2D eigenvalue weighted by Gasteiger charge is -2.32. The van der Waals surface area contributed by atoms with Gasteiger partial charge in [0.1, 0.15) is 11.9 Å². The summed E-state index contributed by atoms with van der Waals surface area (Å²) >= 11 is 0. The van der Waals surface area contributed by atoms with Crippen molar-refractivity contribution < 1.29 is 23.7 Å². The topological polar surface area (TPSA) is 57.2 Å². The van der Waals surface area contributed by atoms with Gasteiger partial charge in [-0.3, -0.25) is 0 Å². The molecule has 1 atom stereocenters. The van der Waals surface area contributed by atoms with E-state index in [1.807, 2.05) is 32.0 Å². The molecule has 0 radical (unpaired) electrons. The Bertz CT molecular complexity index is 754. The van der Waals surface area contributed by atoms with E-state index in [4.69, 9.17) is 25.4 Å². The zero-order chi connectivity index (χ0) is 21.4. The Morgan fingerprint density at radius 3 is 2.83 bits per heavy atom. The van der Waals surface area contributed by atoms with Crippen molar-refractivity contribution in [1.82, 2.24) is 4.90 Å². The summed E-state index contributed by atoms with van der Waals surface area (Å²) in [5, 5.41) is 0. The van der Waals surface area contributed by atoms with Gasteiger partial charge in [-0.15, -0.1) is 12.3 Å². The molecule has 0 unspecified atom stereocenters. The van der Waals surface area contributed by atoms with Crippen molar-refractivity contribution in [3.8, 4) is 18.1 Å². The second-order valence-corrected chi connectivity index (χ2v) is 8.31. The molecule has 2 heterocycles. The Morgan fingerprint density at radius 1 is 1.20 bits per heavy atom. The molecule has 1 saturated heterocycles. The average molecular weight is 416 g/mol. The summed E-state index contributed by atoms with van der Waals surface area (Å²) in [6.07, 6.45) is 10.6. The van der Waals surface area contributed by atoms with Crippen molar-refractivity contribution in [3.05, 3.63) is 29.3 Å². The van der Waals surface area contributed by atoms with E-state index in [1.165, 1.54) is 0 Å². The van der Waals surface area contributed by atoms with Crippen LogP contribution in [0.15, 0.2) is 18.2 Å². The summed E-state index contributed by atoms with van der Waals surface area (Å²) in [5.74, 6) is 2.83. The lowest BCUT2D eigenvalue weighted by Crippen LogP contribution is -2.35. The molecule has 2 aliphatic rings. The van der Waals surface area contributed by atoms with Crippen LogP contribution in [0, 0.1) is 12.3 Å². The van der Waals surface area contributed by atoms with Crippen LogP contribution in [0.25, 0.3) is 0 Å². The quantitative estimate of drug-likeness (QED) is 0.383. The molecule has 30 heavy (non-hydrogen) atoms. The number of hydrogen-bond acceptors (Lipinski definition) is 5. The Balaban J connectivity index is 1.36. The van der Waals surface area contributed by atoms with E-state index in [-0.39, 0.29) is 12.2 Å². The molecule has 164 valence electrons. The van der Waals surface area contributed by atoms with Crippen LogP contribution >= 0.6 is 0 Å². The number of benzene rings is 1. The van der Waals surface area contributed by atoms with Gasteiger partial charge < -0.3 is 23.8 Å². The van der Waals surface area contributed by atoms with E-state index in [2.05, 4.69) is 5.92 Å². The first-order valence-electron chi connectivity index (χ1n) is 10.9. The predicted octanol–water partition coefficient (Wildman–Crippen LogP) is 4.82. The summed E-state index contributed by atoms with van der Waals surface area (Å²) in [4.78, 5) is 14.0. The summed E-state index contributed by atoms with van der Waals surface area (Å²) < 4.78 is 22.7. The highest BCUT2D eigenvalue weighted by Crippen LogP contribution is 2.35. The van der Waals surface area contributed by atoms with Gasteiger partial charge in [-0.05, 0) is 37.0 Å². The molecule has 0 spiro atoms. The number of unbranched alkanes of at least 4 members (excludes halogenated alkanes) is 4. The fraction of sp³-hybridized carbons (Fsp3) is 0.625. The number of rotatable bonds is 11. The maximum atomic E-state index is 12.2. The van der Waals surface area contributed by atoms with Gasteiger partial charge in [0.2, 0.25) is 5.79 Å². The molecule has 1 aromatic carbocycles. The number of hydrogen-bond donors (Lipinski definition) is 0. The zero-order valence-electron chi connectivity index (χ0n) is 18.2. The van der Waals surface area contributed by atoms with Crippen molar-refractivity contribution in [1.29, 1.82) is 0 Å². The number of carbonyl (C=O) groups excluding carboxylic acids is 1. The highest BCUT2D eigenvalue weighted by atomic mass is 16.7. The maximum absolute atomic E-state index is 12.2. The average Bonchev–Trinajstić information content (AvgIpc) is 3.09. The minimum atomic E-state index is -0.612. The number of nitrogens with zero attached hydrogens (tertiary/aromatic N) is 1. The standard InChI is InChI=1S/C24H33NO5/c1-4-5-9-14-27-15-10-7-6-8-13-25-17-22(29-23(25)26)19-11-12-21-20(16-19)18-28-24(2,3)30-21/h1,11-12,16,22H,5-10,13-15,17-18H2,2-3H3/t22-/m0/s1. The third-order valence-electron chi connectivity index (χ3n) is 5.35. The molecule has 6 nitrogen and oxygen atoms in total. The van der Waals surface area contributed by atoms with Gasteiger partial charge in [0, 0.05) is 45.6 Å².